The van der Waals surface area contributed by atoms with Crippen LogP contribution in [0, 0.1) is 46.3 Å². The number of Topliss-reactive ketones (excluding diaryl/α,β-unsaturated/α-hetero) is 3. The average molecular weight is 457 g/mol. The van der Waals surface area contributed by atoms with Crippen molar-refractivity contribution < 1.29 is 14.4 Å². The monoisotopic (exact) mass is 456 g/mol. The smallest absolute Gasteiger partial charge is 0.133 e. The molecule has 0 N–H and O–H groups in total. The molecule has 0 spiro atoms. The molecule has 0 bridgehead atoms. The molecule has 0 aromatic heterocycles. The van der Waals surface area contributed by atoms with Gasteiger partial charge in [-0.25, -0.2) is 0 Å². The second-order valence-electron chi connectivity index (χ2n) is 12.9. The summed E-state index contributed by atoms with van der Waals surface area (Å²) >= 11 is 0. The van der Waals surface area contributed by atoms with Gasteiger partial charge in [0.2, 0.25) is 0 Å². The molecular weight excluding hydrogens is 408 g/mol. The maximum atomic E-state index is 12.4. The molecule has 0 aromatic rings. The molecule has 0 amide bonds. The lowest BCUT2D eigenvalue weighted by atomic mass is 9.44. The van der Waals surface area contributed by atoms with Crippen molar-refractivity contribution in [3.63, 3.8) is 0 Å². The minimum atomic E-state index is 0.277. The highest BCUT2D eigenvalue weighted by Gasteiger charge is 2.60. The zero-order valence-electron chi connectivity index (χ0n) is 21.8. The number of hydrogen-bond acceptors (Lipinski definition) is 3. The van der Waals surface area contributed by atoms with Gasteiger partial charge in [0, 0.05) is 38.5 Å². The summed E-state index contributed by atoms with van der Waals surface area (Å²) in [6, 6.07) is 0. The molecule has 0 saturated heterocycles. The summed E-state index contributed by atoms with van der Waals surface area (Å²) in [6.07, 6.45) is 15.0. The molecule has 0 aromatic carbocycles. The van der Waals surface area contributed by atoms with E-state index in [2.05, 4.69) is 20.8 Å². The second-order valence-corrected chi connectivity index (χ2v) is 12.9. The highest BCUT2D eigenvalue weighted by molar-refractivity contribution is 5.81. The minimum absolute atomic E-state index is 0.277. The number of hydrogen-bond donors (Lipinski definition) is 0. The third-order valence-electron chi connectivity index (χ3n) is 11.4. The second kappa shape index (κ2) is 9.94. The van der Waals surface area contributed by atoms with Crippen molar-refractivity contribution in [2.75, 3.05) is 0 Å². The lowest BCUT2D eigenvalue weighted by Gasteiger charge is -2.60. The van der Waals surface area contributed by atoms with Crippen LogP contribution in [0.4, 0.5) is 0 Å². The summed E-state index contributed by atoms with van der Waals surface area (Å²) in [4.78, 5) is 36.1. The first-order valence-electron chi connectivity index (χ1n) is 14.2. The third-order valence-corrected chi connectivity index (χ3v) is 11.4. The Kier molecular flexibility index (Phi) is 7.56. The summed E-state index contributed by atoms with van der Waals surface area (Å²) in [7, 11) is 0. The van der Waals surface area contributed by atoms with E-state index in [-0.39, 0.29) is 5.78 Å². The van der Waals surface area contributed by atoms with Gasteiger partial charge >= 0.3 is 0 Å². The summed E-state index contributed by atoms with van der Waals surface area (Å²) in [5, 5.41) is 0. The van der Waals surface area contributed by atoms with Gasteiger partial charge < -0.3 is 0 Å². The first-order valence-corrected chi connectivity index (χ1v) is 14.2. The van der Waals surface area contributed by atoms with E-state index < -0.39 is 0 Å². The quantitative estimate of drug-likeness (QED) is 0.364. The number of rotatable bonds is 9. The molecule has 3 nitrogen and oxygen atoms in total. The highest BCUT2D eigenvalue weighted by Crippen LogP contribution is 2.68. The van der Waals surface area contributed by atoms with Crippen LogP contribution in [0.5, 0.6) is 0 Å². The molecule has 0 heterocycles. The van der Waals surface area contributed by atoms with Gasteiger partial charge in [-0.1, -0.05) is 27.7 Å². The van der Waals surface area contributed by atoms with E-state index >= 15 is 0 Å². The van der Waals surface area contributed by atoms with Gasteiger partial charge in [0.25, 0.3) is 0 Å². The predicted octanol–water partition coefficient (Wildman–Crippen LogP) is 7.35. The molecule has 4 aliphatic carbocycles. The van der Waals surface area contributed by atoms with Crippen LogP contribution >= 0.6 is 0 Å². The predicted molar refractivity (Wildman–Crippen MR) is 133 cm³/mol. The summed E-state index contributed by atoms with van der Waals surface area (Å²) in [6.45, 7) is 9.44. The van der Waals surface area contributed by atoms with Crippen LogP contribution in [0.3, 0.4) is 0 Å². The van der Waals surface area contributed by atoms with Crippen LogP contribution < -0.4 is 0 Å². The molecule has 0 radical (unpaired) electrons. The van der Waals surface area contributed by atoms with Crippen molar-refractivity contribution >= 4 is 17.3 Å². The van der Waals surface area contributed by atoms with Gasteiger partial charge in [-0.05, 0) is 104 Å². The van der Waals surface area contributed by atoms with Crippen molar-refractivity contribution in [2.45, 2.75) is 124 Å². The van der Waals surface area contributed by atoms with Crippen LogP contribution in [0.1, 0.15) is 124 Å². The molecule has 0 aliphatic heterocycles. The normalized spacial score (nSPS) is 41.1. The van der Waals surface area contributed by atoms with Gasteiger partial charge in [-0.3, -0.25) is 14.4 Å². The fraction of sp³-hybridized carbons (Fsp3) is 0.900. The van der Waals surface area contributed by atoms with Crippen molar-refractivity contribution in [3.05, 3.63) is 0 Å². The zero-order chi connectivity index (χ0) is 23.8. The Hall–Kier alpha value is -0.990. The molecule has 4 fully saturated rings. The van der Waals surface area contributed by atoms with Crippen LogP contribution in [0.25, 0.3) is 0 Å². The average Bonchev–Trinajstić information content (AvgIpc) is 3.15. The summed E-state index contributed by atoms with van der Waals surface area (Å²) < 4.78 is 0. The highest BCUT2D eigenvalue weighted by atomic mass is 16.1. The van der Waals surface area contributed by atoms with Gasteiger partial charge in [-0.15, -0.1) is 0 Å². The fourth-order valence-electron chi connectivity index (χ4n) is 9.39. The Bertz CT molecular complexity index is 756. The number of carbonyl (C=O) groups excluding carboxylic acids is 3. The van der Waals surface area contributed by atoms with Crippen molar-refractivity contribution in [3.8, 4) is 0 Å². The molecule has 4 rings (SSSR count). The van der Waals surface area contributed by atoms with Crippen LogP contribution in [-0.4, -0.2) is 17.3 Å². The van der Waals surface area contributed by atoms with Crippen molar-refractivity contribution in [1.82, 2.24) is 0 Å². The number of fused-ring (bicyclic) bond motifs is 5. The molecule has 33 heavy (non-hydrogen) atoms. The van der Waals surface area contributed by atoms with E-state index in [1.165, 1.54) is 38.5 Å². The van der Waals surface area contributed by atoms with Crippen LogP contribution in [-0.2, 0) is 14.4 Å². The zero-order valence-corrected chi connectivity index (χ0v) is 21.8. The van der Waals surface area contributed by atoms with E-state index in [0.29, 0.717) is 59.9 Å². The fourth-order valence-corrected chi connectivity index (χ4v) is 9.39. The Morgan fingerprint density at radius 2 is 1.64 bits per heavy atom. The van der Waals surface area contributed by atoms with Crippen molar-refractivity contribution in [1.29, 1.82) is 0 Å². The van der Waals surface area contributed by atoms with E-state index in [1.54, 1.807) is 0 Å². The lowest BCUT2D eigenvalue weighted by Crippen LogP contribution is -2.53. The maximum absolute atomic E-state index is 12.4. The standard InChI is InChI=1S/C30H48O3/c1-5-22(31)7-6-8-23(32)11-9-20(2)26-13-14-27-25-12-10-21-19-24(33)15-17-29(21,3)28(25)16-18-30(26,27)4/h20-21,25-28H,5-19H2,1-4H3/t20-,21-,25+,26-,27+,28+,29+,30-/m1/s1. The molecule has 4 saturated carbocycles. The van der Waals surface area contributed by atoms with Crippen LogP contribution in [0.15, 0.2) is 0 Å². The summed E-state index contributed by atoms with van der Waals surface area (Å²) in [5.74, 6) is 5.66. The number of carbonyl (C=O) groups is 3. The Morgan fingerprint density at radius 1 is 0.909 bits per heavy atom. The van der Waals surface area contributed by atoms with Gasteiger partial charge in [-0.2, -0.15) is 0 Å². The molecule has 3 heteroatoms. The van der Waals surface area contributed by atoms with Crippen molar-refractivity contribution in [2.24, 2.45) is 46.3 Å². The first kappa shape index (κ1) is 25.1. The van der Waals surface area contributed by atoms with Crippen LogP contribution in [0.2, 0.25) is 0 Å². The molecule has 0 unspecified atom stereocenters. The van der Waals surface area contributed by atoms with E-state index in [4.69, 9.17) is 0 Å². The lowest BCUT2D eigenvalue weighted by molar-refractivity contribution is -0.140. The third kappa shape index (κ3) is 4.76. The SMILES string of the molecule is CCC(=O)CCCC(=O)CC[C@@H](C)[C@H]1CC[C@H]2[C@@H]3CC[C@@H]4CC(=O)CC[C@]4(C)[C@H]3CC[C@]12C. The van der Waals surface area contributed by atoms with E-state index in [1.807, 2.05) is 6.92 Å². The molecule has 4 aliphatic rings. The molecule has 8 atom stereocenters. The first-order chi connectivity index (χ1) is 15.7. The minimum Gasteiger partial charge on any atom is -0.300 e. The number of ketones is 3. The molecular formula is C30H48O3. The summed E-state index contributed by atoms with van der Waals surface area (Å²) in [5.41, 5.74) is 0.832. The molecule has 186 valence electrons. The Morgan fingerprint density at radius 3 is 2.39 bits per heavy atom. The maximum Gasteiger partial charge on any atom is 0.133 e. The van der Waals surface area contributed by atoms with Gasteiger partial charge in [0.1, 0.15) is 17.3 Å². The van der Waals surface area contributed by atoms with Gasteiger partial charge in [0.05, 0.1) is 0 Å². The largest absolute Gasteiger partial charge is 0.300 e. The van der Waals surface area contributed by atoms with E-state index in [0.717, 1.165) is 55.8 Å². The van der Waals surface area contributed by atoms with E-state index in [9.17, 15) is 14.4 Å². The topological polar surface area (TPSA) is 51.2 Å². The Balaban J connectivity index is 1.34. The van der Waals surface area contributed by atoms with Gasteiger partial charge in [0.15, 0.2) is 0 Å². The Labute approximate surface area is 202 Å².